The topological polar surface area (TPSA) is 53.7 Å². The SMILES string of the molecule is CCOc1c(C)c(C)c(CCCN)c(OCC)c1OCC. The van der Waals surface area contributed by atoms with Crippen LogP contribution in [0.4, 0.5) is 0 Å². The number of nitrogens with two attached hydrogens (primary N) is 1. The first-order valence-corrected chi connectivity index (χ1v) is 7.86. The molecule has 0 aliphatic carbocycles. The van der Waals surface area contributed by atoms with E-state index in [1.807, 2.05) is 20.8 Å². The molecule has 0 amide bonds. The molecule has 0 fully saturated rings. The van der Waals surface area contributed by atoms with Gasteiger partial charge in [-0.1, -0.05) is 0 Å². The fourth-order valence-electron chi connectivity index (χ4n) is 2.45. The lowest BCUT2D eigenvalue weighted by Gasteiger charge is -2.23. The van der Waals surface area contributed by atoms with E-state index in [0.29, 0.717) is 26.4 Å². The summed E-state index contributed by atoms with van der Waals surface area (Å²) in [6.45, 7) is 12.6. The van der Waals surface area contributed by atoms with Crippen LogP contribution in [0.1, 0.15) is 43.9 Å². The molecule has 0 unspecified atom stereocenters. The third kappa shape index (κ3) is 4.03. The molecule has 4 heteroatoms. The van der Waals surface area contributed by atoms with Crippen molar-refractivity contribution in [3.63, 3.8) is 0 Å². The molecular formula is C17H29NO3. The lowest BCUT2D eigenvalue weighted by atomic mass is 9.96. The number of rotatable bonds is 9. The van der Waals surface area contributed by atoms with Crippen LogP contribution in [0.5, 0.6) is 17.2 Å². The van der Waals surface area contributed by atoms with Gasteiger partial charge in [0.05, 0.1) is 19.8 Å². The number of hydrogen-bond acceptors (Lipinski definition) is 4. The standard InChI is InChI=1S/C17H29NO3/c1-6-19-15-13(5)12(4)14(10-9-11-18)16(20-7-2)17(15)21-8-3/h6-11,18H2,1-5H3. The van der Waals surface area contributed by atoms with Gasteiger partial charge in [0.2, 0.25) is 5.75 Å². The maximum absolute atomic E-state index is 5.89. The van der Waals surface area contributed by atoms with Gasteiger partial charge in [-0.25, -0.2) is 0 Å². The van der Waals surface area contributed by atoms with E-state index >= 15 is 0 Å². The van der Waals surface area contributed by atoms with Crippen LogP contribution in [0.15, 0.2) is 0 Å². The summed E-state index contributed by atoms with van der Waals surface area (Å²) in [5, 5.41) is 0. The van der Waals surface area contributed by atoms with Crippen LogP contribution in [0.3, 0.4) is 0 Å². The molecule has 4 nitrogen and oxygen atoms in total. The molecule has 0 atom stereocenters. The molecule has 0 aromatic heterocycles. The zero-order valence-corrected chi connectivity index (χ0v) is 14.0. The van der Waals surface area contributed by atoms with Gasteiger partial charge in [-0.05, 0) is 65.1 Å². The molecule has 21 heavy (non-hydrogen) atoms. The molecule has 0 spiro atoms. The molecule has 0 aliphatic heterocycles. The van der Waals surface area contributed by atoms with E-state index in [2.05, 4.69) is 13.8 Å². The van der Waals surface area contributed by atoms with Gasteiger partial charge >= 0.3 is 0 Å². The van der Waals surface area contributed by atoms with Crippen molar-refractivity contribution in [2.45, 2.75) is 47.5 Å². The maximum Gasteiger partial charge on any atom is 0.204 e. The third-order valence-corrected chi connectivity index (χ3v) is 3.54. The molecule has 0 heterocycles. The highest BCUT2D eigenvalue weighted by molar-refractivity contribution is 5.63. The maximum atomic E-state index is 5.89. The summed E-state index contributed by atoms with van der Waals surface area (Å²) >= 11 is 0. The minimum absolute atomic E-state index is 0.582. The van der Waals surface area contributed by atoms with Crippen molar-refractivity contribution in [3.8, 4) is 17.2 Å². The van der Waals surface area contributed by atoms with Gasteiger partial charge in [0.1, 0.15) is 0 Å². The van der Waals surface area contributed by atoms with Crippen molar-refractivity contribution in [1.82, 2.24) is 0 Å². The molecule has 0 bridgehead atoms. The summed E-state index contributed by atoms with van der Waals surface area (Å²) in [5.41, 5.74) is 9.18. The predicted molar refractivity (Wildman–Crippen MR) is 86.8 cm³/mol. The van der Waals surface area contributed by atoms with Gasteiger partial charge in [-0.2, -0.15) is 0 Å². The van der Waals surface area contributed by atoms with Crippen molar-refractivity contribution >= 4 is 0 Å². The average molecular weight is 295 g/mol. The van der Waals surface area contributed by atoms with Crippen LogP contribution in [0, 0.1) is 13.8 Å². The molecular weight excluding hydrogens is 266 g/mol. The van der Waals surface area contributed by atoms with E-state index in [9.17, 15) is 0 Å². The minimum Gasteiger partial charge on any atom is -0.490 e. The van der Waals surface area contributed by atoms with E-state index in [4.69, 9.17) is 19.9 Å². The Bertz CT molecular complexity index is 458. The van der Waals surface area contributed by atoms with Gasteiger partial charge in [0.25, 0.3) is 0 Å². The van der Waals surface area contributed by atoms with Crippen molar-refractivity contribution in [3.05, 3.63) is 16.7 Å². The summed E-state index contributed by atoms with van der Waals surface area (Å²) in [5.74, 6) is 2.35. The molecule has 0 saturated heterocycles. The molecule has 0 radical (unpaired) electrons. The van der Waals surface area contributed by atoms with Crippen LogP contribution in [0.25, 0.3) is 0 Å². The second-order valence-corrected chi connectivity index (χ2v) is 4.91. The highest BCUT2D eigenvalue weighted by Gasteiger charge is 2.23. The average Bonchev–Trinajstić information content (AvgIpc) is 2.48. The molecule has 1 aromatic carbocycles. The van der Waals surface area contributed by atoms with Gasteiger partial charge < -0.3 is 19.9 Å². The minimum atomic E-state index is 0.582. The van der Waals surface area contributed by atoms with Gasteiger partial charge in [-0.15, -0.1) is 0 Å². The van der Waals surface area contributed by atoms with Crippen LogP contribution in [0.2, 0.25) is 0 Å². The Hall–Kier alpha value is -1.42. The number of hydrogen-bond donors (Lipinski definition) is 1. The van der Waals surface area contributed by atoms with E-state index in [1.165, 1.54) is 11.1 Å². The van der Waals surface area contributed by atoms with Gasteiger partial charge in [0.15, 0.2) is 11.5 Å². The predicted octanol–water partition coefficient (Wildman–Crippen LogP) is 3.39. The summed E-state index contributed by atoms with van der Waals surface area (Å²) in [6.07, 6.45) is 1.82. The molecule has 1 rings (SSSR count). The number of benzene rings is 1. The summed E-state index contributed by atoms with van der Waals surface area (Å²) < 4.78 is 17.6. The molecule has 0 saturated carbocycles. The summed E-state index contributed by atoms with van der Waals surface area (Å²) in [7, 11) is 0. The van der Waals surface area contributed by atoms with Crippen LogP contribution in [-0.2, 0) is 6.42 Å². The first-order valence-electron chi connectivity index (χ1n) is 7.86. The fourth-order valence-corrected chi connectivity index (χ4v) is 2.45. The van der Waals surface area contributed by atoms with Gasteiger partial charge in [-0.3, -0.25) is 0 Å². The smallest absolute Gasteiger partial charge is 0.204 e. The molecule has 0 aliphatic rings. The summed E-state index contributed by atoms with van der Waals surface area (Å²) in [6, 6.07) is 0. The van der Waals surface area contributed by atoms with Crippen molar-refractivity contribution in [2.75, 3.05) is 26.4 Å². The Balaban J connectivity index is 3.47. The largest absolute Gasteiger partial charge is 0.490 e. The van der Waals surface area contributed by atoms with E-state index < -0.39 is 0 Å². The first kappa shape index (κ1) is 17.6. The monoisotopic (exact) mass is 295 g/mol. The molecule has 1 aromatic rings. The normalized spacial score (nSPS) is 10.6. The van der Waals surface area contributed by atoms with Crippen molar-refractivity contribution < 1.29 is 14.2 Å². The lowest BCUT2D eigenvalue weighted by molar-refractivity contribution is 0.257. The highest BCUT2D eigenvalue weighted by atomic mass is 16.5. The Morgan fingerprint density at radius 2 is 1.29 bits per heavy atom. The Labute approximate surface area is 128 Å². The Morgan fingerprint density at radius 3 is 1.81 bits per heavy atom. The van der Waals surface area contributed by atoms with E-state index in [1.54, 1.807) is 0 Å². The van der Waals surface area contributed by atoms with E-state index in [-0.39, 0.29) is 0 Å². The quantitative estimate of drug-likeness (QED) is 0.758. The fraction of sp³-hybridized carbons (Fsp3) is 0.647. The third-order valence-electron chi connectivity index (χ3n) is 3.54. The Morgan fingerprint density at radius 1 is 0.762 bits per heavy atom. The van der Waals surface area contributed by atoms with Crippen molar-refractivity contribution in [2.24, 2.45) is 5.73 Å². The Kier molecular flexibility index (Phi) is 7.37. The lowest BCUT2D eigenvalue weighted by Crippen LogP contribution is -2.10. The summed E-state index contributed by atoms with van der Waals surface area (Å²) in [4.78, 5) is 0. The van der Waals surface area contributed by atoms with Crippen LogP contribution in [-0.4, -0.2) is 26.4 Å². The first-order chi connectivity index (χ1) is 10.1. The van der Waals surface area contributed by atoms with Crippen molar-refractivity contribution in [1.29, 1.82) is 0 Å². The van der Waals surface area contributed by atoms with E-state index in [0.717, 1.165) is 35.7 Å². The zero-order valence-electron chi connectivity index (χ0n) is 14.0. The van der Waals surface area contributed by atoms with Gasteiger partial charge in [0, 0.05) is 5.56 Å². The highest BCUT2D eigenvalue weighted by Crippen LogP contribution is 2.45. The zero-order chi connectivity index (χ0) is 15.8. The number of ether oxygens (including phenoxy) is 3. The molecule has 120 valence electrons. The van der Waals surface area contributed by atoms with Crippen LogP contribution < -0.4 is 19.9 Å². The van der Waals surface area contributed by atoms with Crippen LogP contribution >= 0.6 is 0 Å². The second kappa shape index (κ2) is 8.78. The molecule has 2 N–H and O–H groups in total. The second-order valence-electron chi connectivity index (χ2n) is 4.91.